The van der Waals surface area contributed by atoms with Crippen molar-refractivity contribution < 1.29 is 19.4 Å². The first kappa shape index (κ1) is 22.3. The van der Waals surface area contributed by atoms with Crippen molar-refractivity contribution in [2.75, 3.05) is 0 Å². The van der Waals surface area contributed by atoms with Gasteiger partial charge in [-0.05, 0) is 54.1 Å². The zero-order valence-electron chi connectivity index (χ0n) is 17.6. The quantitative estimate of drug-likeness (QED) is 0.390. The summed E-state index contributed by atoms with van der Waals surface area (Å²) in [4.78, 5) is 28.6. The largest absolute Gasteiger partial charge is 0.487 e. The third-order valence-electron chi connectivity index (χ3n) is 5.12. The number of hydrogen-bond donors (Lipinski definition) is 2. The van der Waals surface area contributed by atoms with Crippen molar-refractivity contribution in [3.8, 4) is 5.75 Å². The van der Waals surface area contributed by atoms with Gasteiger partial charge in [0, 0.05) is 22.4 Å². The van der Waals surface area contributed by atoms with E-state index >= 15 is 0 Å². The van der Waals surface area contributed by atoms with Crippen molar-refractivity contribution in [2.24, 2.45) is 0 Å². The van der Waals surface area contributed by atoms with Crippen molar-refractivity contribution in [3.63, 3.8) is 0 Å². The lowest BCUT2D eigenvalue weighted by atomic mass is 10.1. The smallest absolute Gasteiger partial charge is 0.326 e. The van der Waals surface area contributed by atoms with Crippen molar-refractivity contribution in [3.05, 3.63) is 107 Å². The van der Waals surface area contributed by atoms with E-state index in [2.05, 4.69) is 10.3 Å². The molecular formula is C26H21ClN2O4. The standard InChI is InChI=1S/C26H21ClN2O4/c27-20-10-7-19(8-11-20)25(30)29-24(26(31)32)15-17-5-13-22(14-6-17)33-16-21-12-9-18-3-1-2-4-23(18)28-21/h1-14,24H,15-16H2,(H,29,30)(H,31,32). The molecule has 33 heavy (non-hydrogen) atoms. The number of aliphatic carboxylic acids is 1. The van der Waals surface area contributed by atoms with Gasteiger partial charge in [-0.1, -0.05) is 48.0 Å². The number of carboxylic acid groups (broad SMARTS) is 1. The number of hydrogen-bond acceptors (Lipinski definition) is 4. The summed E-state index contributed by atoms with van der Waals surface area (Å²) in [5.41, 5.74) is 2.83. The second-order valence-electron chi connectivity index (χ2n) is 7.50. The first-order valence-corrected chi connectivity index (χ1v) is 10.7. The van der Waals surface area contributed by atoms with Crippen LogP contribution in [0.4, 0.5) is 0 Å². The zero-order chi connectivity index (χ0) is 23.2. The second kappa shape index (κ2) is 10.1. The lowest BCUT2D eigenvalue weighted by Crippen LogP contribution is -2.42. The maximum absolute atomic E-state index is 12.4. The zero-order valence-corrected chi connectivity index (χ0v) is 18.3. The van der Waals surface area contributed by atoms with Crippen molar-refractivity contribution in [2.45, 2.75) is 19.1 Å². The molecule has 4 rings (SSSR count). The number of carboxylic acids is 1. The highest BCUT2D eigenvalue weighted by Gasteiger charge is 2.21. The fourth-order valence-electron chi connectivity index (χ4n) is 3.35. The minimum Gasteiger partial charge on any atom is -0.487 e. The molecule has 1 amide bonds. The van der Waals surface area contributed by atoms with Gasteiger partial charge in [-0.3, -0.25) is 4.79 Å². The minimum absolute atomic E-state index is 0.140. The van der Waals surface area contributed by atoms with Crippen LogP contribution in [0.25, 0.3) is 10.9 Å². The number of nitrogens with zero attached hydrogens (tertiary/aromatic N) is 1. The number of halogens is 1. The normalized spacial score (nSPS) is 11.7. The van der Waals surface area contributed by atoms with Crippen molar-refractivity contribution in [1.82, 2.24) is 10.3 Å². The Morgan fingerprint density at radius 1 is 0.939 bits per heavy atom. The van der Waals surface area contributed by atoms with Gasteiger partial charge < -0.3 is 15.2 Å². The number of carbonyl (C=O) groups is 2. The molecule has 0 radical (unpaired) electrons. The van der Waals surface area contributed by atoms with Gasteiger partial charge in [-0.15, -0.1) is 0 Å². The van der Waals surface area contributed by atoms with Crippen LogP contribution >= 0.6 is 11.6 Å². The number of amides is 1. The molecule has 166 valence electrons. The SMILES string of the molecule is O=C(NC(Cc1ccc(OCc2ccc3ccccc3n2)cc1)C(=O)O)c1ccc(Cl)cc1. The summed E-state index contributed by atoms with van der Waals surface area (Å²) in [6, 6.07) is 24.1. The third-order valence-corrected chi connectivity index (χ3v) is 5.37. The summed E-state index contributed by atoms with van der Waals surface area (Å²) in [6.45, 7) is 0.319. The fourth-order valence-corrected chi connectivity index (χ4v) is 3.47. The van der Waals surface area contributed by atoms with Gasteiger partial charge in [0.25, 0.3) is 5.91 Å². The highest BCUT2D eigenvalue weighted by Crippen LogP contribution is 2.17. The Morgan fingerprint density at radius 2 is 1.67 bits per heavy atom. The molecule has 1 aromatic heterocycles. The molecule has 6 nitrogen and oxygen atoms in total. The van der Waals surface area contributed by atoms with E-state index in [1.807, 2.05) is 36.4 Å². The molecule has 0 aliphatic rings. The third kappa shape index (κ3) is 5.87. The number of para-hydroxylation sites is 1. The van der Waals surface area contributed by atoms with Crippen molar-refractivity contribution in [1.29, 1.82) is 0 Å². The predicted molar refractivity (Wildman–Crippen MR) is 127 cm³/mol. The van der Waals surface area contributed by atoms with Crippen LogP contribution in [0.1, 0.15) is 21.6 Å². The van der Waals surface area contributed by atoms with Crippen LogP contribution in [0, 0.1) is 0 Å². The van der Waals surface area contributed by atoms with Gasteiger partial charge in [0.1, 0.15) is 18.4 Å². The molecule has 0 aliphatic heterocycles. The molecule has 0 spiro atoms. The highest BCUT2D eigenvalue weighted by atomic mass is 35.5. The lowest BCUT2D eigenvalue weighted by molar-refractivity contribution is -0.139. The topological polar surface area (TPSA) is 88.5 Å². The van der Waals surface area contributed by atoms with E-state index in [0.717, 1.165) is 22.2 Å². The van der Waals surface area contributed by atoms with E-state index in [-0.39, 0.29) is 6.42 Å². The van der Waals surface area contributed by atoms with Gasteiger partial charge in [0.15, 0.2) is 0 Å². The molecule has 1 unspecified atom stereocenters. The van der Waals surface area contributed by atoms with Gasteiger partial charge in [0.2, 0.25) is 0 Å². The molecular weight excluding hydrogens is 440 g/mol. The number of nitrogens with one attached hydrogen (secondary N) is 1. The Kier molecular flexibility index (Phi) is 6.86. The number of carbonyl (C=O) groups excluding carboxylic acids is 1. The summed E-state index contributed by atoms with van der Waals surface area (Å²) in [5, 5.41) is 13.7. The van der Waals surface area contributed by atoms with E-state index in [4.69, 9.17) is 16.3 Å². The van der Waals surface area contributed by atoms with Gasteiger partial charge in [0.05, 0.1) is 11.2 Å². The van der Waals surface area contributed by atoms with Crippen LogP contribution < -0.4 is 10.1 Å². The summed E-state index contributed by atoms with van der Waals surface area (Å²) in [6.07, 6.45) is 0.140. The molecule has 2 N–H and O–H groups in total. The molecule has 0 aliphatic carbocycles. The first-order chi connectivity index (χ1) is 16.0. The fraction of sp³-hybridized carbons (Fsp3) is 0.115. The Morgan fingerprint density at radius 3 is 2.39 bits per heavy atom. The van der Waals surface area contributed by atoms with Crippen LogP contribution in [-0.4, -0.2) is 28.0 Å². The van der Waals surface area contributed by atoms with Crippen LogP contribution in [0.3, 0.4) is 0 Å². The molecule has 3 aromatic carbocycles. The Labute approximate surface area is 195 Å². The second-order valence-corrected chi connectivity index (χ2v) is 7.94. The minimum atomic E-state index is -1.11. The van der Waals surface area contributed by atoms with Crippen LogP contribution in [-0.2, 0) is 17.8 Å². The molecule has 0 bridgehead atoms. The molecule has 0 saturated carbocycles. The monoisotopic (exact) mass is 460 g/mol. The average Bonchev–Trinajstić information content (AvgIpc) is 2.83. The summed E-state index contributed by atoms with van der Waals surface area (Å²) < 4.78 is 5.82. The van der Waals surface area contributed by atoms with E-state index in [9.17, 15) is 14.7 Å². The Hall–Kier alpha value is -3.90. The lowest BCUT2D eigenvalue weighted by Gasteiger charge is -2.15. The molecule has 7 heteroatoms. The maximum atomic E-state index is 12.4. The van der Waals surface area contributed by atoms with E-state index in [1.165, 1.54) is 0 Å². The van der Waals surface area contributed by atoms with Gasteiger partial charge in [-0.2, -0.15) is 0 Å². The van der Waals surface area contributed by atoms with Gasteiger partial charge >= 0.3 is 5.97 Å². The maximum Gasteiger partial charge on any atom is 0.326 e. The van der Waals surface area contributed by atoms with E-state index in [1.54, 1.807) is 48.5 Å². The van der Waals surface area contributed by atoms with Gasteiger partial charge in [-0.25, -0.2) is 9.78 Å². The van der Waals surface area contributed by atoms with Crippen LogP contribution in [0.15, 0.2) is 84.9 Å². The first-order valence-electron chi connectivity index (χ1n) is 10.3. The molecule has 0 saturated heterocycles. The number of pyridine rings is 1. The van der Waals surface area contributed by atoms with Crippen LogP contribution in [0.2, 0.25) is 5.02 Å². The molecule has 0 fully saturated rings. The summed E-state index contributed by atoms with van der Waals surface area (Å²) >= 11 is 5.83. The molecule has 1 atom stereocenters. The molecule has 4 aromatic rings. The Balaban J connectivity index is 1.36. The van der Waals surface area contributed by atoms with E-state index in [0.29, 0.717) is 22.9 Å². The Bertz CT molecular complexity index is 1270. The summed E-state index contributed by atoms with van der Waals surface area (Å²) in [5.74, 6) is -0.937. The molecule has 1 heterocycles. The van der Waals surface area contributed by atoms with Crippen molar-refractivity contribution >= 4 is 34.4 Å². The number of rotatable bonds is 8. The van der Waals surface area contributed by atoms with E-state index < -0.39 is 17.9 Å². The highest BCUT2D eigenvalue weighted by molar-refractivity contribution is 6.30. The number of fused-ring (bicyclic) bond motifs is 1. The average molecular weight is 461 g/mol. The summed E-state index contributed by atoms with van der Waals surface area (Å²) in [7, 11) is 0. The van der Waals surface area contributed by atoms with Crippen LogP contribution in [0.5, 0.6) is 5.75 Å². The predicted octanol–water partition coefficient (Wildman–Crippen LogP) is 4.89. The number of ether oxygens (including phenoxy) is 1. The number of aromatic nitrogens is 1. The number of benzene rings is 3.